The van der Waals surface area contributed by atoms with Crippen LogP contribution in [0.3, 0.4) is 0 Å². The summed E-state index contributed by atoms with van der Waals surface area (Å²) in [7, 11) is 0. The van der Waals surface area contributed by atoms with Crippen molar-refractivity contribution < 1.29 is 4.79 Å². The van der Waals surface area contributed by atoms with Crippen molar-refractivity contribution in [2.45, 2.75) is 0 Å². The van der Waals surface area contributed by atoms with Crippen molar-refractivity contribution >= 4 is 38.8 Å². The van der Waals surface area contributed by atoms with Gasteiger partial charge in [-0.25, -0.2) is 4.98 Å². The van der Waals surface area contributed by atoms with E-state index in [1.165, 1.54) is 5.56 Å². The predicted octanol–water partition coefficient (Wildman–Crippen LogP) is 6.14. The molecule has 170 valence electrons. The normalized spacial score (nSPS) is 14.7. The Kier molecular flexibility index (Phi) is 6.84. The molecule has 0 saturated carbocycles. The van der Waals surface area contributed by atoms with Crippen LogP contribution in [0.4, 0.5) is 0 Å². The van der Waals surface area contributed by atoms with Crippen LogP contribution in [-0.2, 0) is 0 Å². The fourth-order valence-corrected chi connectivity index (χ4v) is 4.59. The Hall–Kier alpha value is -3.28. The van der Waals surface area contributed by atoms with E-state index in [9.17, 15) is 4.79 Å². The van der Waals surface area contributed by atoms with Crippen molar-refractivity contribution in [3.05, 3.63) is 107 Å². The van der Waals surface area contributed by atoms with Gasteiger partial charge in [0.2, 0.25) is 0 Å². The zero-order valence-corrected chi connectivity index (χ0v) is 20.5. The Balaban J connectivity index is 1.31. The average molecular weight is 512 g/mol. The van der Waals surface area contributed by atoms with Gasteiger partial charge in [-0.1, -0.05) is 88.7 Å². The van der Waals surface area contributed by atoms with Crippen LogP contribution in [0.15, 0.2) is 95.5 Å². The van der Waals surface area contributed by atoms with Gasteiger partial charge in [-0.3, -0.25) is 9.69 Å². The van der Waals surface area contributed by atoms with Crippen molar-refractivity contribution in [2.75, 3.05) is 32.7 Å². The number of carbonyl (C=O) groups excluding carboxylic acids is 1. The summed E-state index contributed by atoms with van der Waals surface area (Å²) >= 11 is 3.49. The summed E-state index contributed by atoms with van der Waals surface area (Å²) in [6.45, 7) is 4.08. The van der Waals surface area contributed by atoms with E-state index >= 15 is 0 Å². The van der Waals surface area contributed by atoms with Crippen LogP contribution in [0.1, 0.15) is 15.9 Å². The summed E-state index contributed by atoms with van der Waals surface area (Å²) in [5.74, 6) is 0.0800. The Labute approximate surface area is 208 Å². The number of hydrogen-bond donors (Lipinski definition) is 0. The van der Waals surface area contributed by atoms with Crippen LogP contribution in [0.2, 0.25) is 0 Å². The highest BCUT2D eigenvalue weighted by molar-refractivity contribution is 9.10. The minimum atomic E-state index is 0.0800. The maximum Gasteiger partial charge on any atom is 0.254 e. The quantitative estimate of drug-likeness (QED) is 0.323. The molecule has 1 fully saturated rings. The van der Waals surface area contributed by atoms with Gasteiger partial charge in [0.25, 0.3) is 5.91 Å². The Morgan fingerprint density at radius 2 is 1.59 bits per heavy atom. The molecule has 4 nitrogen and oxygen atoms in total. The molecular weight excluding hydrogens is 486 g/mol. The van der Waals surface area contributed by atoms with Gasteiger partial charge in [0.15, 0.2) is 0 Å². The van der Waals surface area contributed by atoms with E-state index in [2.05, 4.69) is 57.2 Å². The first kappa shape index (κ1) is 22.5. The first-order chi connectivity index (χ1) is 16.7. The molecule has 34 heavy (non-hydrogen) atoms. The number of aromatic nitrogens is 1. The first-order valence-electron chi connectivity index (χ1n) is 11.6. The minimum absolute atomic E-state index is 0.0800. The number of amides is 1. The lowest BCUT2D eigenvalue weighted by Gasteiger charge is -2.34. The molecule has 0 atom stereocenters. The van der Waals surface area contributed by atoms with Crippen molar-refractivity contribution in [3.8, 4) is 11.3 Å². The fraction of sp³-hybridized carbons (Fsp3) is 0.172. The molecule has 0 N–H and O–H groups in total. The van der Waals surface area contributed by atoms with Crippen LogP contribution >= 0.6 is 15.9 Å². The highest BCUT2D eigenvalue weighted by Crippen LogP contribution is 2.27. The zero-order valence-electron chi connectivity index (χ0n) is 18.9. The second-order valence-corrected chi connectivity index (χ2v) is 9.40. The van der Waals surface area contributed by atoms with Crippen LogP contribution in [0.5, 0.6) is 0 Å². The number of carbonyl (C=O) groups is 1. The number of benzene rings is 3. The van der Waals surface area contributed by atoms with Gasteiger partial charge >= 0.3 is 0 Å². The monoisotopic (exact) mass is 511 g/mol. The van der Waals surface area contributed by atoms with Gasteiger partial charge in [-0.05, 0) is 29.8 Å². The van der Waals surface area contributed by atoms with E-state index in [0.717, 1.165) is 64.9 Å². The second kappa shape index (κ2) is 10.3. The Morgan fingerprint density at radius 3 is 2.35 bits per heavy atom. The molecule has 0 aliphatic carbocycles. The highest BCUT2D eigenvalue weighted by Gasteiger charge is 2.24. The van der Waals surface area contributed by atoms with Gasteiger partial charge in [-0.15, -0.1) is 0 Å². The second-order valence-electron chi connectivity index (χ2n) is 8.48. The van der Waals surface area contributed by atoms with E-state index in [1.807, 2.05) is 65.6 Å². The predicted molar refractivity (Wildman–Crippen MR) is 143 cm³/mol. The van der Waals surface area contributed by atoms with Crippen molar-refractivity contribution in [1.29, 1.82) is 0 Å². The summed E-state index contributed by atoms with van der Waals surface area (Å²) in [4.78, 5) is 22.8. The first-order valence-corrected chi connectivity index (χ1v) is 12.4. The molecule has 4 aromatic rings. The van der Waals surface area contributed by atoms with Crippen molar-refractivity contribution in [3.63, 3.8) is 0 Å². The van der Waals surface area contributed by atoms with Gasteiger partial charge in [0.1, 0.15) is 0 Å². The van der Waals surface area contributed by atoms with Crippen LogP contribution < -0.4 is 0 Å². The topological polar surface area (TPSA) is 36.4 Å². The number of nitrogens with zero attached hydrogens (tertiary/aromatic N) is 3. The average Bonchev–Trinajstić information content (AvgIpc) is 2.89. The Morgan fingerprint density at radius 1 is 0.882 bits per heavy atom. The number of fused-ring (bicyclic) bond motifs is 1. The molecule has 0 radical (unpaired) electrons. The summed E-state index contributed by atoms with van der Waals surface area (Å²) in [6, 6.07) is 28.2. The standard InChI is InChI=1S/C29H26BrN3O/c30-24-14-12-23(13-15-24)28-21-26(25-10-4-5-11-27(25)31-28)29(34)33-19-17-32(18-20-33)16-6-9-22-7-2-1-3-8-22/h1-15,21H,16-20H2/b9-6+. The summed E-state index contributed by atoms with van der Waals surface area (Å²) in [5, 5.41) is 0.904. The van der Waals surface area contributed by atoms with Gasteiger partial charge in [-0.2, -0.15) is 0 Å². The van der Waals surface area contributed by atoms with E-state index in [4.69, 9.17) is 4.98 Å². The smallest absolute Gasteiger partial charge is 0.254 e. The number of para-hydroxylation sites is 1. The molecule has 0 spiro atoms. The number of pyridine rings is 1. The van der Waals surface area contributed by atoms with E-state index in [1.54, 1.807) is 0 Å². The molecule has 1 aliphatic rings. The lowest BCUT2D eigenvalue weighted by atomic mass is 10.0. The van der Waals surface area contributed by atoms with Crippen LogP contribution in [0.25, 0.3) is 28.2 Å². The fourth-order valence-electron chi connectivity index (χ4n) is 4.33. The molecule has 1 saturated heterocycles. The number of piperazine rings is 1. The highest BCUT2D eigenvalue weighted by atomic mass is 79.9. The molecule has 1 amide bonds. The van der Waals surface area contributed by atoms with E-state index in [0.29, 0.717) is 0 Å². The maximum atomic E-state index is 13.6. The maximum absolute atomic E-state index is 13.6. The lowest BCUT2D eigenvalue weighted by molar-refractivity contribution is 0.0652. The van der Waals surface area contributed by atoms with E-state index in [-0.39, 0.29) is 5.91 Å². The van der Waals surface area contributed by atoms with E-state index < -0.39 is 0 Å². The molecule has 1 aliphatic heterocycles. The molecule has 5 rings (SSSR count). The minimum Gasteiger partial charge on any atom is -0.336 e. The molecule has 1 aromatic heterocycles. The third-order valence-corrected chi connectivity index (χ3v) is 6.75. The lowest BCUT2D eigenvalue weighted by Crippen LogP contribution is -2.48. The van der Waals surface area contributed by atoms with Crippen molar-refractivity contribution in [1.82, 2.24) is 14.8 Å². The summed E-state index contributed by atoms with van der Waals surface area (Å²) in [6.07, 6.45) is 4.36. The largest absolute Gasteiger partial charge is 0.336 e. The number of rotatable bonds is 5. The molecule has 3 aromatic carbocycles. The van der Waals surface area contributed by atoms with Gasteiger partial charge < -0.3 is 4.90 Å². The number of hydrogen-bond acceptors (Lipinski definition) is 3. The van der Waals surface area contributed by atoms with Crippen molar-refractivity contribution in [2.24, 2.45) is 0 Å². The number of halogens is 1. The summed E-state index contributed by atoms with van der Waals surface area (Å²) in [5.41, 5.74) is 4.59. The molecule has 2 heterocycles. The van der Waals surface area contributed by atoms with Crippen LogP contribution in [0, 0.1) is 0 Å². The van der Waals surface area contributed by atoms with Crippen LogP contribution in [-0.4, -0.2) is 53.4 Å². The zero-order chi connectivity index (χ0) is 23.3. The third-order valence-electron chi connectivity index (χ3n) is 6.22. The molecule has 5 heteroatoms. The molecular formula is C29H26BrN3O. The molecule has 0 bridgehead atoms. The van der Waals surface area contributed by atoms with Gasteiger partial charge in [0.05, 0.1) is 16.8 Å². The SMILES string of the molecule is O=C(c1cc(-c2ccc(Br)cc2)nc2ccccc12)N1CCN(C/C=C/c2ccccc2)CC1. The third kappa shape index (κ3) is 5.11. The summed E-state index contributed by atoms with van der Waals surface area (Å²) < 4.78 is 1.02. The van der Waals surface area contributed by atoms with Gasteiger partial charge in [0, 0.05) is 48.1 Å². The Bertz CT molecular complexity index is 1310. The molecule has 0 unspecified atom stereocenters.